The summed E-state index contributed by atoms with van der Waals surface area (Å²) in [7, 11) is 2.12. The Morgan fingerprint density at radius 3 is 2.81 bits per heavy atom. The average molecular weight is 370 g/mol. The zero-order valence-corrected chi connectivity index (χ0v) is 15.7. The summed E-state index contributed by atoms with van der Waals surface area (Å²) < 4.78 is 0. The quantitative estimate of drug-likeness (QED) is 0.743. The Kier molecular flexibility index (Phi) is 4.97. The number of hydrogen-bond donors (Lipinski definition) is 2. The van der Waals surface area contributed by atoms with Gasteiger partial charge in [-0.05, 0) is 50.0 Å². The van der Waals surface area contributed by atoms with Crippen molar-refractivity contribution in [1.29, 1.82) is 0 Å². The van der Waals surface area contributed by atoms with E-state index in [4.69, 9.17) is 0 Å². The molecule has 144 valence electrons. The Morgan fingerprint density at radius 2 is 2.07 bits per heavy atom. The third kappa shape index (κ3) is 3.75. The summed E-state index contributed by atoms with van der Waals surface area (Å²) in [6.45, 7) is 3.38. The molecule has 0 aromatic heterocycles. The lowest BCUT2D eigenvalue weighted by molar-refractivity contribution is -0.136. The summed E-state index contributed by atoms with van der Waals surface area (Å²) in [6.07, 6.45) is 3.15. The third-order valence-electron chi connectivity index (χ3n) is 5.73. The van der Waals surface area contributed by atoms with Crippen LogP contribution in [0.5, 0.6) is 0 Å². The van der Waals surface area contributed by atoms with Crippen LogP contribution in [-0.4, -0.2) is 59.7 Å². The zero-order valence-electron chi connectivity index (χ0n) is 15.7. The predicted molar refractivity (Wildman–Crippen MR) is 99.8 cm³/mol. The Morgan fingerprint density at radius 1 is 1.22 bits per heavy atom. The monoisotopic (exact) mass is 370 g/mol. The maximum absolute atomic E-state index is 12.7. The van der Waals surface area contributed by atoms with Crippen molar-refractivity contribution in [3.05, 3.63) is 34.9 Å². The van der Waals surface area contributed by atoms with Gasteiger partial charge in [0.15, 0.2) is 0 Å². The molecule has 1 aromatic carbocycles. The number of amides is 3. The average Bonchev–Trinajstić information content (AvgIpc) is 3.23. The SMILES string of the molecule is CN(Cc1ccc2c(c1)CN(C1CCC(=O)NC1=O)C2=O)C[C@H]1CCCN1. The highest BCUT2D eigenvalue weighted by atomic mass is 16.2. The molecule has 0 radical (unpaired) electrons. The Balaban J connectivity index is 1.42. The molecule has 3 aliphatic heterocycles. The van der Waals surface area contributed by atoms with E-state index >= 15 is 0 Å². The number of likely N-dealkylation sites (N-methyl/N-ethyl adjacent to an activating group) is 1. The summed E-state index contributed by atoms with van der Waals surface area (Å²) in [5.41, 5.74) is 2.81. The van der Waals surface area contributed by atoms with Gasteiger partial charge in [-0.1, -0.05) is 12.1 Å². The lowest BCUT2D eigenvalue weighted by Gasteiger charge is -2.29. The van der Waals surface area contributed by atoms with Gasteiger partial charge in [0.25, 0.3) is 5.91 Å². The van der Waals surface area contributed by atoms with Crippen molar-refractivity contribution in [2.75, 3.05) is 20.1 Å². The summed E-state index contributed by atoms with van der Waals surface area (Å²) in [5.74, 6) is -0.742. The molecule has 3 heterocycles. The fourth-order valence-electron chi connectivity index (χ4n) is 4.39. The number of nitrogens with zero attached hydrogens (tertiary/aromatic N) is 2. The molecule has 2 fully saturated rings. The minimum Gasteiger partial charge on any atom is -0.322 e. The normalized spacial score (nSPS) is 25.3. The first-order valence-corrected chi connectivity index (χ1v) is 9.69. The van der Waals surface area contributed by atoms with Crippen molar-refractivity contribution in [3.8, 4) is 0 Å². The standard InChI is InChI=1S/C20H26N4O3/c1-23(12-15-3-2-8-21-15)10-13-4-5-16-14(9-13)11-24(20(16)27)17-6-7-18(25)22-19(17)26/h4-5,9,15,17,21H,2-3,6-8,10-12H2,1H3,(H,22,25,26)/t15-,17?/m1/s1. The molecular weight excluding hydrogens is 344 g/mol. The molecule has 1 unspecified atom stereocenters. The second kappa shape index (κ2) is 7.40. The van der Waals surface area contributed by atoms with Gasteiger partial charge in [0, 0.05) is 37.7 Å². The number of carbonyl (C=O) groups is 3. The molecule has 27 heavy (non-hydrogen) atoms. The van der Waals surface area contributed by atoms with Crippen molar-refractivity contribution in [2.24, 2.45) is 0 Å². The van der Waals surface area contributed by atoms with Gasteiger partial charge in [0.2, 0.25) is 11.8 Å². The van der Waals surface area contributed by atoms with Crippen LogP contribution in [0, 0.1) is 0 Å². The van der Waals surface area contributed by atoms with Crippen LogP contribution in [0.15, 0.2) is 18.2 Å². The van der Waals surface area contributed by atoms with Gasteiger partial charge in [-0.3, -0.25) is 19.7 Å². The van der Waals surface area contributed by atoms with Crippen LogP contribution in [0.2, 0.25) is 0 Å². The van der Waals surface area contributed by atoms with Gasteiger partial charge < -0.3 is 15.1 Å². The van der Waals surface area contributed by atoms with Crippen molar-refractivity contribution >= 4 is 17.7 Å². The number of carbonyl (C=O) groups excluding carboxylic acids is 3. The van der Waals surface area contributed by atoms with Gasteiger partial charge in [-0.15, -0.1) is 0 Å². The fraction of sp³-hybridized carbons (Fsp3) is 0.550. The largest absolute Gasteiger partial charge is 0.322 e. The lowest BCUT2D eigenvalue weighted by atomic mass is 10.0. The summed E-state index contributed by atoms with van der Waals surface area (Å²) in [5, 5.41) is 5.86. The van der Waals surface area contributed by atoms with Crippen LogP contribution < -0.4 is 10.6 Å². The summed E-state index contributed by atoms with van der Waals surface area (Å²) in [6, 6.07) is 5.97. The van der Waals surface area contributed by atoms with Gasteiger partial charge in [-0.2, -0.15) is 0 Å². The zero-order chi connectivity index (χ0) is 19.0. The van der Waals surface area contributed by atoms with E-state index in [0.717, 1.165) is 25.2 Å². The molecule has 7 heteroatoms. The van der Waals surface area contributed by atoms with Crippen molar-refractivity contribution in [3.63, 3.8) is 0 Å². The van der Waals surface area contributed by atoms with Gasteiger partial charge in [0.1, 0.15) is 6.04 Å². The maximum atomic E-state index is 12.7. The minimum absolute atomic E-state index is 0.116. The first-order valence-electron chi connectivity index (χ1n) is 9.69. The van der Waals surface area contributed by atoms with Crippen LogP contribution in [-0.2, 0) is 22.7 Å². The molecule has 0 saturated carbocycles. The Hall–Kier alpha value is -2.25. The third-order valence-corrected chi connectivity index (χ3v) is 5.73. The van der Waals surface area contributed by atoms with Crippen molar-refractivity contribution < 1.29 is 14.4 Å². The second-order valence-corrected chi connectivity index (χ2v) is 7.88. The summed E-state index contributed by atoms with van der Waals surface area (Å²) >= 11 is 0. The Bertz CT molecular complexity index is 772. The molecule has 7 nitrogen and oxygen atoms in total. The van der Waals surface area contributed by atoms with Crippen LogP contribution >= 0.6 is 0 Å². The van der Waals surface area contributed by atoms with Crippen molar-refractivity contribution in [2.45, 2.75) is 50.9 Å². The van der Waals surface area contributed by atoms with E-state index in [1.807, 2.05) is 12.1 Å². The number of imide groups is 1. The molecule has 3 aliphatic rings. The number of fused-ring (bicyclic) bond motifs is 1. The molecule has 2 N–H and O–H groups in total. The first kappa shape index (κ1) is 18.1. The highest BCUT2D eigenvalue weighted by molar-refractivity contribution is 6.05. The highest BCUT2D eigenvalue weighted by Gasteiger charge is 2.39. The lowest BCUT2D eigenvalue weighted by Crippen LogP contribution is -2.52. The molecule has 0 aliphatic carbocycles. The van der Waals surface area contributed by atoms with E-state index in [9.17, 15) is 14.4 Å². The molecule has 3 amide bonds. The maximum Gasteiger partial charge on any atom is 0.255 e. The fourth-order valence-corrected chi connectivity index (χ4v) is 4.39. The van der Waals surface area contributed by atoms with Crippen LogP contribution in [0.3, 0.4) is 0 Å². The smallest absolute Gasteiger partial charge is 0.255 e. The van der Waals surface area contributed by atoms with Gasteiger partial charge in [-0.25, -0.2) is 0 Å². The van der Waals surface area contributed by atoms with Crippen LogP contribution in [0.25, 0.3) is 0 Å². The van der Waals surface area contributed by atoms with E-state index in [2.05, 4.69) is 28.6 Å². The van der Waals surface area contributed by atoms with E-state index < -0.39 is 6.04 Å². The summed E-state index contributed by atoms with van der Waals surface area (Å²) in [4.78, 5) is 40.1. The first-order chi connectivity index (χ1) is 13.0. The Labute approximate surface area is 159 Å². The number of rotatable bonds is 5. The van der Waals surface area contributed by atoms with E-state index in [-0.39, 0.29) is 24.1 Å². The number of benzene rings is 1. The molecule has 1 aromatic rings. The van der Waals surface area contributed by atoms with Gasteiger partial charge in [0.05, 0.1) is 0 Å². The number of hydrogen-bond acceptors (Lipinski definition) is 5. The number of piperidine rings is 1. The van der Waals surface area contributed by atoms with E-state index in [1.165, 1.54) is 18.4 Å². The molecule has 2 atom stereocenters. The second-order valence-electron chi connectivity index (χ2n) is 7.88. The van der Waals surface area contributed by atoms with Crippen LogP contribution in [0.1, 0.15) is 47.2 Å². The minimum atomic E-state index is -0.554. The van der Waals surface area contributed by atoms with E-state index in [0.29, 0.717) is 24.6 Å². The van der Waals surface area contributed by atoms with E-state index in [1.54, 1.807) is 4.90 Å². The highest BCUT2D eigenvalue weighted by Crippen LogP contribution is 2.28. The topological polar surface area (TPSA) is 81.8 Å². The van der Waals surface area contributed by atoms with Crippen LogP contribution in [0.4, 0.5) is 0 Å². The molecular formula is C20H26N4O3. The molecule has 0 spiro atoms. The molecule has 0 bridgehead atoms. The van der Waals surface area contributed by atoms with Crippen molar-refractivity contribution in [1.82, 2.24) is 20.4 Å². The molecule has 4 rings (SSSR count). The number of nitrogens with one attached hydrogen (secondary N) is 2. The molecule has 2 saturated heterocycles. The predicted octanol–water partition coefficient (Wildman–Crippen LogP) is 0.631. The van der Waals surface area contributed by atoms with Gasteiger partial charge >= 0.3 is 0 Å².